The van der Waals surface area contributed by atoms with E-state index in [4.69, 9.17) is 5.11 Å². The minimum Gasteiger partial charge on any atom is -0.396 e. The largest absolute Gasteiger partial charge is 0.396 e. The fourth-order valence-corrected chi connectivity index (χ4v) is 1.95. The van der Waals surface area contributed by atoms with Gasteiger partial charge < -0.3 is 10.4 Å². The Labute approximate surface area is 90.3 Å². The number of anilines is 1. The quantitative estimate of drug-likeness (QED) is 0.784. The first-order valence-corrected chi connectivity index (χ1v) is 5.60. The van der Waals surface area contributed by atoms with Gasteiger partial charge in [0.1, 0.15) is 5.82 Å². The van der Waals surface area contributed by atoms with E-state index < -0.39 is 0 Å². The maximum Gasteiger partial charge on any atom is 0.124 e. The van der Waals surface area contributed by atoms with Crippen molar-refractivity contribution in [1.82, 2.24) is 9.78 Å². The van der Waals surface area contributed by atoms with Crippen molar-refractivity contribution in [3.63, 3.8) is 0 Å². The molecule has 1 aromatic heterocycles. The molecular weight excluding hydrogens is 190 g/mol. The van der Waals surface area contributed by atoms with E-state index in [1.807, 2.05) is 4.68 Å². The van der Waals surface area contributed by atoms with Crippen LogP contribution in [0.1, 0.15) is 19.5 Å². The van der Waals surface area contributed by atoms with Crippen LogP contribution < -0.4 is 5.32 Å². The third-order valence-electron chi connectivity index (χ3n) is 2.71. The summed E-state index contributed by atoms with van der Waals surface area (Å²) in [6.07, 6.45) is 1.02. The monoisotopic (exact) mass is 209 g/mol. The molecule has 0 spiro atoms. The van der Waals surface area contributed by atoms with E-state index in [-0.39, 0.29) is 6.61 Å². The van der Waals surface area contributed by atoms with E-state index in [0.29, 0.717) is 11.8 Å². The van der Waals surface area contributed by atoms with E-state index in [0.717, 1.165) is 31.0 Å². The molecule has 2 N–H and O–H groups in total. The Morgan fingerprint density at radius 1 is 1.67 bits per heavy atom. The Hall–Kier alpha value is -1.03. The van der Waals surface area contributed by atoms with Gasteiger partial charge in [0.05, 0.1) is 5.69 Å². The van der Waals surface area contributed by atoms with E-state index in [9.17, 15) is 0 Å². The van der Waals surface area contributed by atoms with Gasteiger partial charge in [-0.25, -0.2) is 4.68 Å². The molecule has 0 aliphatic carbocycles. The van der Waals surface area contributed by atoms with Crippen molar-refractivity contribution in [1.29, 1.82) is 0 Å². The lowest BCUT2D eigenvalue weighted by molar-refractivity contribution is 0.209. The van der Waals surface area contributed by atoms with Crippen LogP contribution in [0.3, 0.4) is 0 Å². The summed E-state index contributed by atoms with van der Waals surface area (Å²) < 4.78 is 1.97. The fourth-order valence-electron chi connectivity index (χ4n) is 1.95. The fraction of sp³-hybridized carbons (Fsp3) is 0.727. The molecule has 84 valence electrons. The lowest BCUT2D eigenvalue weighted by atomic mass is 10.1. The van der Waals surface area contributed by atoms with E-state index in [1.54, 1.807) is 0 Å². The van der Waals surface area contributed by atoms with Crippen LogP contribution in [0, 0.1) is 11.8 Å². The number of aliphatic hydroxyl groups excluding tert-OH is 1. The zero-order chi connectivity index (χ0) is 10.8. The number of aromatic nitrogens is 2. The van der Waals surface area contributed by atoms with Gasteiger partial charge in [0.25, 0.3) is 0 Å². The third-order valence-corrected chi connectivity index (χ3v) is 2.71. The molecule has 2 heterocycles. The predicted octanol–water partition coefficient (Wildman–Crippen LogP) is 1.12. The Balaban J connectivity index is 2.11. The van der Waals surface area contributed by atoms with Gasteiger partial charge in [-0.2, -0.15) is 5.10 Å². The maximum atomic E-state index is 9.09. The molecule has 0 fully saturated rings. The number of rotatable bonds is 3. The van der Waals surface area contributed by atoms with Crippen molar-refractivity contribution < 1.29 is 5.11 Å². The Morgan fingerprint density at radius 2 is 2.47 bits per heavy atom. The van der Waals surface area contributed by atoms with Crippen LogP contribution in [0.5, 0.6) is 0 Å². The Kier molecular flexibility index (Phi) is 2.95. The smallest absolute Gasteiger partial charge is 0.124 e. The van der Waals surface area contributed by atoms with Gasteiger partial charge in [0.2, 0.25) is 0 Å². The van der Waals surface area contributed by atoms with Crippen LogP contribution in [-0.2, 0) is 13.0 Å². The molecule has 15 heavy (non-hydrogen) atoms. The summed E-state index contributed by atoms with van der Waals surface area (Å²) >= 11 is 0. The van der Waals surface area contributed by atoms with Crippen molar-refractivity contribution in [3.05, 3.63) is 11.8 Å². The molecule has 0 aromatic carbocycles. The lowest BCUT2D eigenvalue weighted by Crippen LogP contribution is -2.29. The SMILES string of the molecule is CC(C)Cc1cc2n(n1)CC(CO)CN2. The highest BCUT2D eigenvalue weighted by Gasteiger charge is 2.19. The number of nitrogens with zero attached hydrogens (tertiary/aromatic N) is 2. The second-order valence-corrected chi connectivity index (χ2v) is 4.73. The normalized spacial score (nSPS) is 20.1. The molecule has 0 saturated heterocycles. The van der Waals surface area contributed by atoms with Crippen molar-refractivity contribution in [2.24, 2.45) is 11.8 Å². The summed E-state index contributed by atoms with van der Waals surface area (Å²) in [4.78, 5) is 0. The highest BCUT2D eigenvalue weighted by molar-refractivity contribution is 5.38. The molecule has 4 heteroatoms. The number of nitrogens with one attached hydrogen (secondary N) is 1. The molecule has 0 saturated carbocycles. The maximum absolute atomic E-state index is 9.09. The average Bonchev–Trinajstić information content (AvgIpc) is 2.57. The van der Waals surface area contributed by atoms with Crippen LogP contribution in [-0.4, -0.2) is 28.0 Å². The molecule has 1 aliphatic rings. The Morgan fingerprint density at radius 3 is 3.13 bits per heavy atom. The van der Waals surface area contributed by atoms with Crippen molar-refractivity contribution in [2.75, 3.05) is 18.5 Å². The van der Waals surface area contributed by atoms with Gasteiger partial charge in [-0.05, 0) is 12.3 Å². The molecule has 1 atom stereocenters. The summed E-state index contributed by atoms with van der Waals surface area (Å²) in [5, 5.41) is 16.9. The van der Waals surface area contributed by atoms with E-state index in [1.165, 1.54) is 0 Å². The van der Waals surface area contributed by atoms with Crippen LogP contribution in [0.25, 0.3) is 0 Å². The third kappa shape index (κ3) is 2.31. The molecule has 2 rings (SSSR count). The standard InChI is InChI=1S/C11H19N3O/c1-8(2)3-10-4-11-12-5-9(7-15)6-14(11)13-10/h4,8-9,12,15H,3,5-7H2,1-2H3. The van der Waals surface area contributed by atoms with Crippen LogP contribution in [0.4, 0.5) is 5.82 Å². The number of hydrogen-bond acceptors (Lipinski definition) is 3. The zero-order valence-electron chi connectivity index (χ0n) is 9.40. The minimum atomic E-state index is 0.228. The molecular formula is C11H19N3O. The molecule has 0 amide bonds. The first-order valence-electron chi connectivity index (χ1n) is 5.60. The Bertz CT molecular complexity index is 333. The average molecular weight is 209 g/mol. The first kappa shape index (κ1) is 10.5. The lowest BCUT2D eigenvalue weighted by Gasteiger charge is -2.22. The van der Waals surface area contributed by atoms with Gasteiger partial charge in [-0.3, -0.25) is 0 Å². The predicted molar refractivity (Wildman–Crippen MR) is 59.8 cm³/mol. The zero-order valence-corrected chi connectivity index (χ0v) is 9.40. The van der Waals surface area contributed by atoms with Crippen LogP contribution >= 0.6 is 0 Å². The van der Waals surface area contributed by atoms with Crippen molar-refractivity contribution in [3.8, 4) is 0 Å². The number of hydrogen-bond donors (Lipinski definition) is 2. The molecule has 0 bridgehead atoms. The second-order valence-electron chi connectivity index (χ2n) is 4.73. The van der Waals surface area contributed by atoms with Gasteiger partial charge >= 0.3 is 0 Å². The first-order chi connectivity index (χ1) is 7.19. The van der Waals surface area contributed by atoms with Gasteiger partial charge in [-0.1, -0.05) is 13.8 Å². The van der Waals surface area contributed by atoms with Crippen molar-refractivity contribution in [2.45, 2.75) is 26.8 Å². The number of aliphatic hydroxyl groups is 1. The highest BCUT2D eigenvalue weighted by atomic mass is 16.3. The second kappa shape index (κ2) is 4.23. The van der Waals surface area contributed by atoms with E-state index in [2.05, 4.69) is 30.3 Å². The molecule has 1 unspecified atom stereocenters. The summed E-state index contributed by atoms with van der Waals surface area (Å²) in [5.74, 6) is 2.02. The highest BCUT2D eigenvalue weighted by Crippen LogP contribution is 2.19. The molecule has 1 aliphatic heterocycles. The number of fused-ring (bicyclic) bond motifs is 1. The van der Waals surface area contributed by atoms with Crippen LogP contribution in [0.2, 0.25) is 0 Å². The molecule has 1 aromatic rings. The van der Waals surface area contributed by atoms with E-state index >= 15 is 0 Å². The van der Waals surface area contributed by atoms with Crippen LogP contribution in [0.15, 0.2) is 6.07 Å². The summed E-state index contributed by atoms with van der Waals surface area (Å²) in [6, 6.07) is 2.12. The minimum absolute atomic E-state index is 0.228. The summed E-state index contributed by atoms with van der Waals surface area (Å²) in [5.41, 5.74) is 1.14. The van der Waals surface area contributed by atoms with Gasteiger partial charge in [0, 0.05) is 31.7 Å². The molecule has 4 nitrogen and oxygen atoms in total. The topological polar surface area (TPSA) is 50.1 Å². The molecule has 0 radical (unpaired) electrons. The summed E-state index contributed by atoms with van der Waals surface area (Å²) in [6.45, 7) is 6.30. The van der Waals surface area contributed by atoms with Crippen molar-refractivity contribution >= 4 is 5.82 Å². The van der Waals surface area contributed by atoms with Gasteiger partial charge in [0.15, 0.2) is 0 Å². The summed E-state index contributed by atoms with van der Waals surface area (Å²) in [7, 11) is 0. The van der Waals surface area contributed by atoms with Gasteiger partial charge in [-0.15, -0.1) is 0 Å².